The number of carbonyl (C=O) groups is 2. The van der Waals surface area contributed by atoms with Crippen molar-refractivity contribution in [1.29, 1.82) is 0 Å². The average molecular weight is 652 g/mol. The third-order valence-corrected chi connectivity index (χ3v) is 10.8. The molecule has 5 aromatic rings. The Morgan fingerprint density at radius 1 is 1.00 bits per heavy atom. The Balaban J connectivity index is 1.04. The van der Waals surface area contributed by atoms with Gasteiger partial charge in [-0.3, -0.25) is 19.0 Å². The highest BCUT2D eigenvalue weighted by atomic mass is 32.1. The Labute approximate surface area is 275 Å². The van der Waals surface area contributed by atoms with Gasteiger partial charge in [-0.05, 0) is 55.2 Å². The van der Waals surface area contributed by atoms with Gasteiger partial charge >= 0.3 is 0 Å². The molecule has 2 atom stereocenters. The van der Waals surface area contributed by atoms with Gasteiger partial charge in [-0.15, -0.1) is 11.3 Å². The van der Waals surface area contributed by atoms with Crippen molar-refractivity contribution in [3.05, 3.63) is 100 Å². The first-order valence-corrected chi connectivity index (χ1v) is 16.7. The van der Waals surface area contributed by atoms with Gasteiger partial charge in [0.1, 0.15) is 17.8 Å². The summed E-state index contributed by atoms with van der Waals surface area (Å²) in [4.78, 5) is 54.7. The maximum atomic E-state index is 14.1. The van der Waals surface area contributed by atoms with Crippen molar-refractivity contribution in [2.75, 3.05) is 31.9 Å². The van der Waals surface area contributed by atoms with E-state index in [-0.39, 0.29) is 35.8 Å². The van der Waals surface area contributed by atoms with Gasteiger partial charge in [0.2, 0.25) is 5.91 Å². The summed E-state index contributed by atoms with van der Waals surface area (Å²) in [7, 11) is 1.84. The van der Waals surface area contributed by atoms with Gasteiger partial charge in [0.05, 0.1) is 22.4 Å². The number of nitrogens with two attached hydrogens (primary N) is 1. The molecule has 11 nitrogen and oxygen atoms in total. The molecule has 6 heterocycles. The summed E-state index contributed by atoms with van der Waals surface area (Å²) in [5.74, 6) is -0.00346. The van der Waals surface area contributed by atoms with Gasteiger partial charge in [0, 0.05) is 67.9 Å². The smallest absolute Gasteiger partial charge is 0.263 e. The fraction of sp³-hybridized carbons (Fsp3) is 0.343. The number of nitrogens with zero attached hydrogens (tertiary/aromatic N) is 6. The summed E-state index contributed by atoms with van der Waals surface area (Å²) in [6.45, 7) is 1.82. The van der Waals surface area contributed by atoms with Crippen molar-refractivity contribution < 1.29 is 14.7 Å². The average Bonchev–Trinajstić information content (AvgIpc) is 3.74. The Morgan fingerprint density at radius 2 is 1.79 bits per heavy atom. The number of piperidine rings is 2. The van der Waals surface area contributed by atoms with E-state index in [4.69, 9.17) is 5.73 Å². The molecule has 3 N–H and O–H groups in total. The van der Waals surface area contributed by atoms with Crippen molar-refractivity contribution in [2.45, 2.75) is 37.3 Å². The van der Waals surface area contributed by atoms with Crippen molar-refractivity contribution in [3.8, 4) is 10.4 Å². The predicted molar refractivity (Wildman–Crippen MR) is 181 cm³/mol. The van der Waals surface area contributed by atoms with E-state index in [0.717, 1.165) is 16.0 Å². The molecule has 0 unspecified atom stereocenters. The van der Waals surface area contributed by atoms with Crippen LogP contribution in [-0.4, -0.2) is 77.6 Å². The van der Waals surface area contributed by atoms with Crippen molar-refractivity contribution in [2.24, 2.45) is 13.0 Å². The number of nitrogen functional groups attached to an aromatic ring is 1. The SMILES string of the molecule is Cn1ccc2c(=O)n(CC3(O)CCN(C(=O)[C@@H]4CCN(C(=O)c5ccc(-c6ccc(N)nc6)s5)C[C@H]4c4ccccc4)CC3)cnc21. The van der Waals surface area contributed by atoms with Crippen molar-refractivity contribution in [1.82, 2.24) is 28.9 Å². The molecule has 2 aliphatic heterocycles. The molecule has 47 heavy (non-hydrogen) atoms. The minimum Gasteiger partial charge on any atom is -0.388 e. The lowest BCUT2D eigenvalue weighted by atomic mass is 9.79. The quantitative estimate of drug-likeness (QED) is 0.285. The van der Waals surface area contributed by atoms with Crippen LogP contribution < -0.4 is 11.3 Å². The van der Waals surface area contributed by atoms with Crippen molar-refractivity contribution >= 4 is 40.0 Å². The highest BCUT2D eigenvalue weighted by Gasteiger charge is 2.42. The fourth-order valence-electron chi connectivity index (χ4n) is 6.93. The molecule has 242 valence electrons. The number of aromatic nitrogens is 4. The van der Waals surface area contributed by atoms with Crippen LogP contribution in [-0.2, 0) is 18.4 Å². The molecule has 0 aliphatic carbocycles. The molecule has 7 rings (SSSR count). The van der Waals surface area contributed by atoms with Gasteiger partial charge in [0.15, 0.2) is 0 Å². The summed E-state index contributed by atoms with van der Waals surface area (Å²) in [5, 5.41) is 12.0. The lowest BCUT2D eigenvalue weighted by Gasteiger charge is -2.43. The molecule has 0 saturated carbocycles. The number of fused-ring (bicyclic) bond motifs is 1. The van der Waals surface area contributed by atoms with Crippen LogP contribution in [0.1, 0.15) is 40.4 Å². The number of amides is 2. The zero-order valence-corrected chi connectivity index (χ0v) is 27.0. The number of hydrogen-bond acceptors (Lipinski definition) is 8. The number of hydrogen-bond donors (Lipinski definition) is 2. The molecular formula is C35H37N7O4S. The summed E-state index contributed by atoms with van der Waals surface area (Å²) in [6, 6.07) is 19.1. The van der Waals surface area contributed by atoms with E-state index < -0.39 is 5.60 Å². The van der Waals surface area contributed by atoms with E-state index in [0.29, 0.717) is 67.2 Å². The van der Waals surface area contributed by atoms with E-state index in [9.17, 15) is 19.5 Å². The molecule has 0 spiro atoms. The molecule has 1 aromatic carbocycles. The van der Waals surface area contributed by atoms with E-state index >= 15 is 0 Å². The van der Waals surface area contributed by atoms with Crippen LogP contribution in [0, 0.1) is 5.92 Å². The highest BCUT2D eigenvalue weighted by Crippen LogP contribution is 2.37. The van der Waals surface area contributed by atoms with Crippen LogP contribution in [0.5, 0.6) is 0 Å². The van der Waals surface area contributed by atoms with E-state index in [1.807, 2.05) is 65.4 Å². The van der Waals surface area contributed by atoms with Gasteiger partial charge in [-0.25, -0.2) is 9.97 Å². The Bertz CT molecular complexity index is 1980. The second kappa shape index (κ2) is 12.4. The number of aliphatic hydroxyl groups is 1. The van der Waals surface area contributed by atoms with Crippen LogP contribution in [0.15, 0.2) is 84.2 Å². The number of carbonyl (C=O) groups excluding carboxylic acids is 2. The molecule has 2 saturated heterocycles. The monoisotopic (exact) mass is 651 g/mol. The lowest BCUT2D eigenvalue weighted by molar-refractivity contribution is -0.142. The second-order valence-corrected chi connectivity index (χ2v) is 13.8. The summed E-state index contributed by atoms with van der Waals surface area (Å²) < 4.78 is 3.27. The summed E-state index contributed by atoms with van der Waals surface area (Å²) in [6.07, 6.45) is 6.25. The van der Waals surface area contributed by atoms with Crippen LogP contribution in [0.4, 0.5) is 5.82 Å². The first-order valence-electron chi connectivity index (χ1n) is 15.9. The molecule has 0 radical (unpaired) electrons. The van der Waals surface area contributed by atoms with Crippen LogP contribution in [0.2, 0.25) is 0 Å². The molecule has 0 bridgehead atoms. The van der Waals surface area contributed by atoms with Gasteiger partial charge in [0.25, 0.3) is 11.5 Å². The standard InChI is InChI=1S/C35H37N7O4S/c1-39-15-11-26-31(39)38-22-42(33(26)44)21-35(46)13-17-40(18-14-35)32(43)25-12-16-41(20-27(25)23-5-3-2-4-6-23)34(45)29-9-8-28(47-29)24-7-10-30(36)37-19-24/h2-11,15,19,22,25,27,46H,12-14,16-18,20-21H2,1H3,(H2,36,37)/t25-,27+/m1/s1. The molecule has 2 fully saturated rings. The molecule has 2 aliphatic rings. The summed E-state index contributed by atoms with van der Waals surface area (Å²) in [5.41, 5.74) is 6.97. The number of pyridine rings is 1. The first kappa shape index (κ1) is 30.8. The number of benzene rings is 1. The molecule has 12 heteroatoms. The number of rotatable bonds is 6. The minimum atomic E-state index is -1.12. The Hall–Kier alpha value is -4.81. The normalized spacial score (nSPS) is 19.6. The van der Waals surface area contributed by atoms with E-state index in [1.54, 1.807) is 29.1 Å². The summed E-state index contributed by atoms with van der Waals surface area (Å²) >= 11 is 1.43. The number of likely N-dealkylation sites (tertiary alicyclic amines) is 2. The van der Waals surface area contributed by atoms with E-state index in [2.05, 4.69) is 9.97 Å². The van der Waals surface area contributed by atoms with Crippen LogP contribution >= 0.6 is 11.3 Å². The minimum absolute atomic E-state index is 0.0436. The molecule has 2 amide bonds. The molecule has 4 aromatic heterocycles. The Kier molecular flexibility index (Phi) is 8.15. The Morgan fingerprint density at radius 3 is 2.53 bits per heavy atom. The molecular weight excluding hydrogens is 614 g/mol. The lowest BCUT2D eigenvalue weighted by Crippen LogP contribution is -2.53. The van der Waals surface area contributed by atoms with Crippen molar-refractivity contribution in [3.63, 3.8) is 0 Å². The zero-order valence-electron chi connectivity index (χ0n) is 26.2. The third-order valence-electron chi connectivity index (χ3n) is 9.65. The van der Waals surface area contributed by atoms with Gasteiger partial charge < -0.3 is 25.2 Å². The maximum absolute atomic E-state index is 14.1. The highest BCUT2D eigenvalue weighted by molar-refractivity contribution is 7.17. The van der Waals surface area contributed by atoms with Crippen LogP contribution in [0.3, 0.4) is 0 Å². The third kappa shape index (κ3) is 6.06. The fourth-order valence-corrected chi connectivity index (χ4v) is 7.90. The predicted octanol–water partition coefficient (Wildman–Crippen LogP) is 3.74. The van der Waals surface area contributed by atoms with Gasteiger partial charge in [-0.1, -0.05) is 30.3 Å². The second-order valence-electron chi connectivity index (χ2n) is 12.7. The maximum Gasteiger partial charge on any atom is 0.263 e. The van der Waals surface area contributed by atoms with Gasteiger partial charge in [-0.2, -0.15) is 0 Å². The number of aryl methyl sites for hydroxylation is 1. The first-order chi connectivity index (χ1) is 22.7. The van der Waals surface area contributed by atoms with Crippen LogP contribution in [0.25, 0.3) is 21.5 Å². The topological polar surface area (TPSA) is 140 Å². The largest absolute Gasteiger partial charge is 0.388 e. The zero-order chi connectivity index (χ0) is 32.7. The number of anilines is 1. The number of thiophene rings is 1. The van der Waals surface area contributed by atoms with E-state index in [1.165, 1.54) is 22.2 Å².